The number of hydrogen-bond donors (Lipinski definition) is 3. The number of amides is 2. The van der Waals surface area contributed by atoms with E-state index >= 15 is 0 Å². The lowest BCUT2D eigenvalue weighted by atomic mass is 9.98. The summed E-state index contributed by atoms with van der Waals surface area (Å²) in [6, 6.07) is 23.1. The van der Waals surface area contributed by atoms with Crippen molar-refractivity contribution in [3.05, 3.63) is 95.6 Å². The molecule has 0 saturated heterocycles. The molecule has 0 spiro atoms. The van der Waals surface area contributed by atoms with Gasteiger partial charge in [-0.25, -0.2) is 9.59 Å². The van der Waals surface area contributed by atoms with Crippen LogP contribution < -0.4 is 10.6 Å². The van der Waals surface area contributed by atoms with Gasteiger partial charge in [0.05, 0.1) is 12.7 Å². The van der Waals surface area contributed by atoms with Gasteiger partial charge in [-0.2, -0.15) is 0 Å². The van der Waals surface area contributed by atoms with Crippen molar-refractivity contribution < 1.29 is 29.0 Å². The highest BCUT2D eigenvalue weighted by Gasteiger charge is 2.32. The normalized spacial score (nSPS) is 14.4. The number of carbonyl (C=O) groups is 3. The molecule has 0 fully saturated rings. The largest absolute Gasteiger partial charge is 0.480 e. The fourth-order valence-corrected chi connectivity index (χ4v) is 4.97. The lowest BCUT2D eigenvalue weighted by Gasteiger charge is -2.26. The molecule has 41 heavy (non-hydrogen) atoms. The maximum absolute atomic E-state index is 13.3. The Kier molecular flexibility index (Phi) is 10.1. The minimum absolute atomic E-state index is 0.101. The maximum atomic E-state index is 13.3. The number of nitrogens with one attached hydrogen (secondary N) is 2. The second kappa shape index (κ2) is 13.9. The fourth-order valence-electron chi connectivity index (χ4n) is 4.97. The highest BCUT2D eigenvalue weighted by Crippen LogP contribution is 2.44. The van der Waals surface area contributed by atoms with Gasteiger partial charge in [-0.15, -0.1) is 0 Å². The summed E-state index contributed by atoms with van der Waals surface area (Å²) in [5.41, 5.74) is 5.28. The van der Waals surface area contributed by atoms with E-state index in [2.05, 4.69) is 22.8 Å². The second-order valence-corrected chi connectivity index (χ2v) is 10.4. The van der Waals surface area contributed by atoms with Crippen LogP contribution in [0.2, 0.25) is 0 Å². The first-order chi connectivity index (χ1) is 19.7. The molecule has 0 aliphatic heterocycles. The number of hydrogen-bond acceptors (Lipinski definition) is 6. The zero-order valence-electron chi connectivity index (χ0n) is 23.6. The number of carboxylic acid groups (broad SMARTS) is 1. The van der Waals surface area contributed by atoms with Crippen LogP contribution in [-0.4, -0.2) is 73.4 Å². The molecule has 3 aromatic carbocycles. The van der Waals surface area contributed by atoms with E-state index in [1.807, 2.05) is 85.7 Å². The van der Waals surface area contributed by atoms with E-state index in [9.17, 15) is 19.5 Å². The highest BCUT2D eigenvalue weighted by atomic mass is 16.5. The summed E-state index contributed by atoms with van der Waals surface area (Å²) in [4.78, 5) is 40.1. The Labute approximate surface area is 240 Å². The van der Waals surface area contributed by atoms with Gasteiger partial charge in [0, 0.05) is 5.92 Å². The van der Waals surface area contributed by atoms with Crippen molar-refractivity contribution in [2.75, 3.05) is 27.2 Å². The number of aliphatic carboxylic acids is 1. The van der Waals surface area contributed by atoms with Crippen LogP contribution in [0, 0.1) is 0 Å². The van der Waals surface area contributed by atoms with Crippen LogP contribution in [0.1, 0.15) is 36.0 Å². The molecule has 2 amide bonds. The minimum Gasteiger partial charge on any atom is -0.480 e. The first-order valence-electron chi connectivity index (χ1n) is 13.7. The zero-order chi connectivity index (χ0) is 29.4. The van der Waals surface area contributed by atoms with Crippen LogP contribution in [0.15, 0.2) is 78.9 Å². The molecular weight excluding hydrogens is 522 g/mol. The van der Waals surface area contributed by atoms with Crippen molar-refractivity contribution >= 4 is 18.0 Å². The van der Waals surface area contributed by atoms with E-state index in [0.29, 0.717) is 6.54 Å². The van der Waals surface area contributed by atoms with E-state index in [4.69, 9.17) is 9.47 Å². The summed E-state index contributed by atoms with van der Waals surface area (Å²) in [6.45, 7) is 2.38. The van der Waals surface area contributed by atoms with E-state index in [1.165, 1.54) is 0 Å². The van der Waals surface area contributed by atoms with Crippen molar-refractivity contribution in [3.63, 3.8) is 0 Å². The van der Waals surface area contributed by atoms with E-state index in [1.54, 1.807) is 6.92 Å². The molecule has 9 nitrogen and oxygen atoms in total. The van der Waals surface area contributed by atoms with Crippen LogP contribution in [0.5, 0.6) is 0 Å². The summed E-state index contributed by atoms with van der Waals surface area (Å²) >= 11 is 0. The summed E-state index contributed by atoms with van der Waals surface area (Å²) in [7, 11) is 3.70. The summed E-state index contributed by atoms with van der Waals surface area (Å²) in [6.07, 6.45) is -1.30. The number of rotatable bonds is 13. The topological polar surface area (TPSA) is 117 Å². The summed E-state index contributed by atoms with van der Waals surface area (Å²) < 4.78 is 11.4. The zero-order valence-corrected chi connectivity index (χ0v) is 23.6. The van der Waals surface area contributed by atoms with Gasteiger partial charge in [0.2, 0.25) is 5.91 Å². The maximum Gasteiger partial charge on any atom is 0.407 e. The molecule has 3 atom stereocenters. The molecule has 1 aliphatic rings. The number of carboxylic acids is 1. The third-order valence-electron chi connectivity index (χ3n) is 7.21. The quantitative estimate of drug-likeness (QED) is 0.290. The lowest BCUT2D eigenvalue weighted by molar-refractivity contribution is -0.146. The number of fused-ring (bicyclic) bond motifs is 3. The Bertz CT molecular complexity index is 1300. The van der Waals surface area contributed by atoms with Gasteiger partial charge in [-0.1, -0.05) is 78.9 Å². The van der Waals surface area contributed by atoms with Crippen LogP contribution in [0.3, 0.4) is 0 Å². The van der Waals surface area contributed by atoms with Crippen LogP contribution in [0.25, 0.3) is 11.1 Å². The second-order valence-electron chi connectivity index (χ2n) is 10.4. The molecule has 3 aromatic rings. The summed E-state index contributed by atoms with van der Waals surface area (Å²) in [5, 5.41) is 15.0. The molecule has 0 aromatic heterocycles. The van der Waals surface area contributed by atoms with Crippen molar-refractivity contribution in [1.29, 1.82) is 0 Å². The SMILES string of the molecule is CC(OCc1ccccc1)C(NC(=O)C(CCN(C)C)NC(=O)OCC1c2ccccc2-c2ccccc21)C(=O)O. The molecule has 0 heterocycles. The van der Waals surface area contributed by atoms with Gasteiger partial charge in [0.15, 0.2) is 6.04 Å². The molecule has 0 saturated carbocycles. The van der Waals surface area contributed by atoms with Crippen molar-refractivity contribution in [1.82, 2.24) is 15.5 Å². The predicted molar refractivity (Wildman–Crippen MR) is 155 cm³/mol. The van der Waals surface area contributed by atoms with E-state index in [0.717, 1.165) is 27.8 Å². The van der Waals surface area contributed by atoms with Gasteiger partial charge >= 0.3 is 12.1 Å². The molecule has 3 unspecified atom stereocenters. The van der Waals surface area contributed by atoms with Crippen molar-refractivity contribution in [2.24, 2.45) is 0 Å². The van der Waals surface area contributed by atoms with Gasteiger partial charge in [-0.05, 0) is 61.8 Å². The molecule has 1 aliphatic carbocycles. The Balaban J connectivity index is 1.39. The Morgan fingerprint density at radius 1 is 0.878 bits per heavy atom. The fraction of sp³-hybridized carbons (Fsp3) is 0.344. The Morgan fingerprint density at radius 2 is 1.46 bits per heavy atom. The highest BCUT2D eigenvalue weighted by molar-refractivity contribution is 5.89. The number of alkyl carbamates (subject to hydrolysis) is 1. The van der Waals surface area contributed by atoms with E-state index in [-0.39, 0.29) is 25.6 Å². The van der Waals surface area contributed by atoms with Gasteiger partial charge < -0.3 is 30.1 Å². The molecule has 9 heteroatoms. The minimum atomic E-state index is -1.31. The summed E-state index contributed by atoms with van der Waals surface area (Å²) in [5.74, 6) is -1.98. The number of carbonyl (C=O) groups excluding carboxylic acids is 2. The monoisotopic (exact) mass is 559 g/mol. The van der Waals surface area contributed by atoms with E-state index < -0.39 is 36.2 Å². The Morgan fingerprint density at radius 3 is 2.05 bits per heavy atom. The van der Waals surface area contributed by atoms with Crippen molar-refractivity contribution in [2.45, 2.75) is 44.1 Å². The predicted octanol–water partition coefficient (Wildman–Crippen LogP) is 4.02. The number of ether oxygens (including phenoxy) is 2. The smallest absolute Gasteiger partial charge is 0.407 e. The van der Waals surface area contributed by atoms with Crippen LogP contribution in [-0.2, 0) is 25.7 Å². The van der Waals surface area contributed by atoms with Gasteiger partial charge in [-0.3, -0.25) is 4.79 Å². The van der Waals surface area contributed by atoms with Crippen molar-refractivity contribution in [3.8, 4) is 11.1 Å². The molecule has 4 rings (SSSR count). The number of benzene rings is 3. The molecule has 216 valence electrons. The first-order valence-corrected chi connectivity index (χ1v) is 13.7. The standard InChI is InChI=1S/C32H37N3O6/c1-21(40-19-22-11-5-4-6-12-22)29(31(37)38)34-30(36)28(17-18-35(2)3)33-32(39)41-20-27-25-15-9-7-13-23(25)24-14-8-10-16-26(24)27/h4-16,21,27-29H,17-20H2,1-3H3,(H,33,39)(H,34,36)(H,37,38). The van der Waals surface area contributed by atoms with Crippen LogP contribution >= 0.6 is 0 Å². The first kappa shape index (κ1) is 29.8. The van der Waals surface area contributed by atoms with Gasteiger partial charge in [0.25, 0.3) is 0 Å². The van der Waals surface area contributed by atoms with Crippen LogP contribution in [0.4, 0.5) is 4.79 Å². The lowest BCUT2D eigenvalue weighted by Crippen LogP contribution is -2.55. The Hall–Kier alpha value is -4.21. The average Bonchev–Trinajstić information content (AvgIpc) is 3.29. The molecule has 0 bridgehead atoms. The number of nitrogens with zero attached hydrogens (tertiary/aromatic N) is 1. The molecule has 3 N–H and O–H groups in total. The third kappa shape index (κ3) is 7.71. The molecule has 0 radical (unpaired) electrons. The third-order valence-corrected chi connectivity index (χ3v) is 7.21. The van der Waals surface area contributed by atoms with Gasteiger partial charge in [0.1, 0.15) is 12.6 Å². The molecular formula is C32H37N3O6. The average molecular weight is 560 g/mol.